The fraction of sp³-hybridized carbons (Fsp3) is 0.722. The summed E-state index contributed by atoms with van der Waals surface area (Å²) < 4.78 is 0. The number of hydrogen-bond donors (Lipinski definition) is 15. The van der Waals surface area contributed by atoms with Gasteiger partial charge in [0.2, 0.25) is 41.4 Å². The Kier molecular flexibility index (Phi) is 27.1. The highest BCUT2D eigenvalue weighted by Gasteiger charge is 2.37. The van der Waals surface area contributed by atoms with Crippen LogP contribution in [0.1, 0.15) is 79.1 Å². The van der Waals surface area contributed by atoms with Gasteiger partial charge in [0.1, 0.15) is 36.3 Å². The lowest BCUT2D eigenvalue weighted by atomic mass is 9.96. The molecule has 0 aliphatic heterocycles. The van der Waals surface area contributed by atoms with Crippen molar-refractivity contribution in [3.05, 3.63) is 0 Å². The zero-order valence-electron chi connectivity index (χ0n) is 35.9. The van der Waals surface area contributed by atoms with Gasteiger partial charge in [0.15, 0.2) is 11.9 Å². The topological polar surface area (TPSA) is 450 Å². The minimum atomic E-state index is -1.78. The molecule has 0 rings (SSSR count). The van der Waals surface area contributed by atoms with E-state index in [1.165, 1.54) is 11.8 Å². The van der Waals surface area contributed by atoms with Crippen LogP contribution < -0.4 is 66.3 Å². The molecular formula is C36H68N14O11S. The second-order valence-corrected chi connectivity index (χ2v) is 15.6. The van der Waals surface area contributed by atoms with E-state index in [9.17, 15) is 53.7 Å². The molecule has 0 radical (unpaired) electrons. The standard InChI is InChI=1S/C36H68N14O11S/c1-6-17(2)25(31(57)47-23(34(60)61)10-8-15-44-36(41)42)48-32(58)27(19(4)52)50-33(59)26(18(3)51)49-30(56)21(9-7-14-43-35(39)40)46-29(55)22(13-16-62-5)45-28(54)20(37)11-12-24(38)53/h17-23,25-27,51-52H,6-16,37H2,1-5H3,(H2,38,53)(H,45,54)(H,46,55)(H,47,57)(H,48,58)(H,49,56)(H,50,59)(H,60,61)(H4,39,40,43)(H4,41,42,44). The van der Waals surface area contributed by atoms with E-state index in [2.05, 4.69) is 41.9 Å². The third kappa shape index (κ3) is 22.4. The molecular weight excluding hydrogens is 837 g/mol. The number of primary amides is 1. The van der Waals surface area contributed by atoms with Crippen LogP contribution in [-0.2, 0) is 38.4 Å². The number of aliphatic imine (C=N–C) groups is 2. The monoisotopic (exact) mass is 904 g/mol. The van der Waals surface area contributed by atoms with Gasteiger partial charge in [-0.25, -0.2) is 4.79 Å². The molecule has 0 saturated heterocycles. The quantitative estimate of drug-likeness (QED) is 0.0175. The average molecular weight is 905 g/mol. The van der Waals surface area contributed by atoms with Gasteiger partial charge in [-0.3, -0.25) is 43.5 Å². The number of amides is 7. The third-order valence-electron chi connectivity index (χ3n) is 9.34. The molecule has 0 aromatic rings. The number of aliphatic hydroxyl groups excluding tert-OH is 2. The molecule has 0 saturated carbocycles. The molecule has 0 aliphatic rings. The lowest BCUT2D eigenvalue weighted by Gasteiger charge is -2.30. The van der Waals surface area contributed by atoms with Crippen molar-refractivity contribution in [2.45, 2.75) is 134 Å². The van der Waals surface area contributed by atoms with E-state index in [1.54, 1.807) is 20.1 Å². The fourth-order valence-electron chi connectivity index (χ4n) is 5.53. The Hall–Kier alpha value is -5.47. The maximum Gasteiger partial charge on any atom is 0.326 e. The number of carboxylic acids is 1. The van der Waals surface area contributed by atoms with Crippen molar-refractivity contribution in [1.82, 2.24) is 31.9 Å². The highest BCUT2D eigenvalue weighted by Crippen LogP contribution is 2.12. The van der Waals surface area contributed by atoms with Gasteiger partial charge in [-0.1, -0.05) is 20.3 Å². The number of nitrogens with two attached hydrogens (primary N) is 6. The van der Waals surface area contributed by atoms with Crippen molar-refractivity contribution in [3.8, 4) is 0 Å². The summed E-state index contributed by atoms with van der Waals surface area (Å²) in [5, 5.41) is 45.5. The highest BCUT2D eigenvalue weighted by atomic mass is 32.2. The summed E-state index contributed by atoms with van der Waals surface area (Å²) in [4.78, 5) is 112. The number of thioether (sulfide) groups is 1. The van der Waals surface area contributed by atoms with Crippen LogP contribution in [0.4, 0.5) is 0 Å². The second kappa shape index (κ2) is 29.7. The molecule has 26 heteroatoms. The third-order valence-corrected chi connectivity index (χ3v) is 9.98. The van der Waals surface area contributed by atoms with E-state index in [0.717, 1.165) is 13.8 Å². The number of carbonyl (C=O) groups excluding carboxylic acids is 7. The van der Waals surface area contributed by atoms with Crippen LogP contribution in [0.15, 0.2) is 9.98 Å². The van der Waals surface area contributed by atoms with Gasteiger partial charge in [-0.05, 0) is 70.3 Å². The van der Waals surface area contributed by atoms with Crippen molar-refractivity contribution in [1.29, 1.82) is 0 Å². The molecule has 0 fully saturated rings. The average Bonchev–Trinajstić information content (AvgIpc) is 3.19. The summed E-state index contributed by atoms with van der Waals surface area (Å²) in [6.07, 6.45) is -1.12. The molecule has 21 N–H and O–H groups in total. The Balaban J connectivity index is 6.33. The van der Waals surface area contributed by atoms with E-state index < -0.39 is 108 Å². The van der Waals surface area contributed by atoms with Crippen LogP contribution in [0.5, 0.6) is 0 Å². The molecule has 62 heavy (non-hydrogen) atoms. The number of aliphatic carboxylic acids is 1. The van der Waals surface area contributed by atoms with Gasteiger partial charge >= 0.3 is 5.97 Å². The molecule has 0 spiro atoms. The normalized spacial score (nSPS) is 15.8. The smallest absolute Gasteiger partial charge is 0.326 e. The predicted octanol–water partition coefficient (Wildman–Crippen LogP) is -5.76. The minimum Gasteiger partial charge on any atom is -0.480 e. The van der Waals surface area contributed by atoms with Crippen molar-refractivity contribution < 1.29 is 53.7 Å². The molecule has 10 unspecified atom stereocenters. The van der Waals surface area contributed by atoms with Crippen molar-refractivity contribution >= 4 is 71.0 Å². The molecule has 0 aliphatic carbocycles. The number of carbonyl (C=O) groups is 8. The van der Waals surface area contributed by atoms with E-state index in [1.807, 2.05) is 0 Å². The second-order valence-electron chi connectivity index (χ2n) is 14.6. The van der Waals surface area contributed by atoms with Gasteiger partial charge < -0.3 is 81.6 Å². The molecule has 354 valence electrons. The zero-order valence-corrected chi connectivity index (χ0v) is 36.7. The molecule has 7 amide bonds. The Morgan fingerprint density at radius 2 is 0.984 bits per heavy atom. The number of hydrogen-bond acceptors (Lipinski definition) is 14. The number of guanidine groups is 2. The molecule has 0 aromatic carbocycles. The molecule has 10 atom stereocenters. The Bertz CT molecular complexity index is 1560. The van der Waals surface area contributed by atoms with E-state index in [0.29, 0.717) is 12.2 Å². The first-order valence-corrected chi connectivity index (χ1v) is 21.4. The summed E-state index contributed by atoms with van der Waals surface area (Å²) in [6.45, 7) is 5.77. The Labute approximate surface area is 364 Å². The molecule has 25 nitrogen and oxygen atoms in total. The minimum absolute atomic E-state index is 0.0287. The van der Waals surface area contributed by atoms with Crippen LogP contribution in [0.3, 0.4) is 0 Å². The van der Waals surface area contributed by atoms with Crippen LogP contribution >= 0.6 is 11.8 Å². The maximum atomic E-state index is 13.8. The number of nitrogens with one attached hydrogen (secondary N) is 6. The largest absolute Gasteiger partial charge is 0.480 e. The lowest BCUT2D eigenvalue weighted by molar-refractivity contribution is -0.143. The maximum absolute atomic E-state index is 13.8. The zero-order chi connectivity index (χ0) is 47.7. The first kappa shape index (κ1) is 56.5. The lowest BCUT2D eigenvalue weighted by Crippen LogP contribution is -2.63. The Morgan fingerprint density at radius 3 is 1.42 bits per heavy atom. The van der Waals surface area contributed by atoms with Crippen molar-refractivity contribution in [3.63, 3.8) is 0 Å². The van der Waals surface area contributed by atoms with E-state index in [4.69, 9.17) is 34.4 Å². The first-order valence-electron chi connectivity index (χ1n) is 20.0. The van der Waals surface area contributed by atoms with Gasteiger partial charge in [-0.2, -0.15) is 11.8 Å². The van der Waals surface area contributed by atoms with Crippen LogP contribution in [0, 0.1) is 5.92 Å². The summed E-state index contributed by atoms with van der Waals surface area (Å²) in [5.74, 6) is -8.22. The predicted molar refractivity (Wildman–Crippen MR) is 231 cm³/mol. The summed E-state index contributed by atoms with van der Waals surface area (Å²) in [7, 11) is 0. The number of nitrogens with zero attached hydrogens (tertiary/aromatic N) is 2. The van der Waals surface area contributed by atoms with Crippen LogP contribution in [0.25, 0.3) is 0 Å². The highest BCUT2D eigenvalue weighted by molar-refractivity contribution is 7.98. The van der Waals surface area contributed by atoms with E-state index in [-0.39, 0.29) is 70.0 Å². The summed E-state index contributed by atoms with van der Waals surface area (Å²) in [5.41, 5.74) is 32.5. The number of aliphatic hydroxyl groups is 2. The molecule has 0 aromatic heterocycles. The van der Waals surface area contributed by atoms with Crippen LogP contribution in [-0.4, -0.2) is 154 Å². The van der Waals surface area contributed by atoms with Crippen LogP contribution in [0.2, 0.25) is 0 Å². The number of rotatable bonds is 31. The fourth-order valence-corrected chi connectivity index (χ4v) is 6.00. The first-order chi connectivity index (χ1) is 29.0. The SMILES string of the molecule is CCC(C)C(NC(=O)C(NC(=O)C(NC(=O)C(CCCN=C(N)N)NC(=O)C(CCSC)NC(=O)C(N)CCC(N)=O)C(C)O)C(C)O)C(=O)NC(CCCN=C(N)N)C(=O)O. The molecule has 0 heterocycles. The van der Waals surface area contributed by atoms with E-state index >= 15 is 0 Å². The van der Waals surface area contributed by atoms with Gasteiger partial charge in [0.05, 0.1) is 18.2 Å². The van der Waals surface area contributed by atoms with Gasteiger partial charge in [-0.15, -0.1) is 0 Å². The number of carboxylic acid groups (broad SMARTS) is 1. The molecule has 0 bridgehead atoms. The van der Waals surface area contributed by atoms with Crippen molar-refractivity contribution in [2.24, 2.45) is 50.3 Å². The van der Waals surface area contributed by atoms with Gasteiger partial charge in [0.25, 0.3) is 0 Å². The van der Waals surface area contributed by atoms with Crippen molar-refractivity contribution in [2.75, 3.05) is 25.1 Å². The summed E-state index contributed by atoms with van der Waals surface area (Å²) in [6, 6.07) is -10.0. The Morgan fingerprint density at radius 1 is 0.581 bits per heavy atom. The summed E-state index contributed by atoms with van der Waals surface area (Å²) >= 11 is 1.37. The van der Waals surface area contributed by atoms with Gasteiger partial charge in [0, 0.05) is 19.5 Å².